The number of hydrogen-bond acceptors (Lipinski definition) is 4. The molecule has 0 spiro atoms. The predicted octanol–water partition coefficient (Wildman–Crippen LogP) is 2.29. The molecule has 1 aromatic carbocycles. The number of benzene rings is 1. The van der Waals surface area contributed by atoms with E-state index in [4.69, 9.17) is 5.26 Å². The lowest BCUT2D eigenvalue weighted by atomic mass is 10.0. The van der Waals surface area contributed by atoms with Gasteiger partial charge in [0.05, 0.1) is 5.56 Å². The van der Waals surface area contributed by atoms with Gasteiger partial charge in [0.1, 0.15) is 17.5 Å². The quantitative estimate of drug-likeness (QED) is 0.636. The number of nitrogens with zero attached hydrogens (tertiary/aromatic N) is 3. The molecular weight excluding hydrogens is 322 g/mol. The molecule has 6 heteroatoms. The van der Waals surface area contributed by atoms with E-state index in [9.17, 15) is 9.59 Å². The van der Waals surface area contributed by atoms with E-state index < -0.39 is 0 Å². The summed E-state index contributed by atoms with van der Waals surface area (Å²) in [6, 6.07) is 8.75. The van der Waals surface area contributed by atoms with E-state index in [-0.39, 0.29) is 17.9 Å². The first-order valence-corrected chi connectivity index (χ1v) is 6.56. The van der Waals surface area contributed by atoms with Crippen molar-refractivity contribution in [3.8, 4) is 6.07 Å². The highest BCUT2D eigenvalue weighted by Crippen LogP contribution is 2.21. The van der Waals surface area contributed by atoms with Crippen LogP contribution in [0.3, 0.4) is 0 Å². The van der Waals surface area contributed by atoms with Crippen molar-refractivity contribution in [3.63, 3.8) is 0 Å². The van der Waals surface area contributed by atoms with Gasteiger partial charge < -0.3 is 0 Å². The smallest absolute Gasteiger partial charge is 0.187 e. The van der Waals surface area contributed by atoms with E-state index in [2.05, 4.69) is 27.1 Å². The summed E-state index contributed by atoms with van der Waals surface area (Å²) < 4.78 is 2.01. The largest absolute Gasteiger partial charge is 0.296 e. The average Bonchev–Trinajstić information content (AvgIpc) is 2.80. The molecule has 0 atom stereocenters. The number of rotatable bonds is 4. The lowest BCUT2D eigenvalue weighted by Gasteiger charge is -2.03. The number of halogens is 1. The molecule has 0 N–H and O–H groups in total. The predicted molar refractivity (Wildman–Crippen MR) is 75.5 cm³/mol. The second kappa shape index (κ2) is 5.80. The summed E-state index contributed by atoms with van der Waals surface area (Å²) in [5.41, 5.74) is 1.62. The maximum absolute atomic E-state index is 12.2. The maximum atomic E-state index is 12.2. The van der Waals surface area contributed by atoms with E-state index in [0.29, 0.717) is 27.6 Å². The highest BCUT2D eigenvalue weighted by Gasteiger charge is 2.16. The first-order chi connectivity index (χ1) is 9.56. The van der Waals surface area contributed by atoms with Crippen molar-refractivity contribution in [1.82, 2.24) is 9.78 Å². The monoisotopic (exact) mass is 331 g/mol. The number of Topliss-reactive ketones (excluding diaryl/α,β-unsaturated/α-hetero) is 1. The summed E-state index contributed by atoms with van der Waals surface area (Å²) in [6.07, 6.45) is 0.710. The number of carbonyl (C=O) groups is 2. The number of carbonyl (C=O) groups excluding carboxylic acids is 2. The third kappa shape index (κ3) is 2.68. The SMILES string of the molecule is Cn1nc(C(=O)Cc2cccc(Br)c2C#N)cc1C=O. The van der Waals surface area contributed by atoms with Gasteiger partial charge in [0.15, 0.2) is 12.1 Å². The van der Waals surface area contributed by atoms with Crippen molar-refractivity contribution in [2.75, 3.05) is 0 Å². The Labute approximate surface area is 124 Å². The number of ketones is 1. The number of nitriles is 1. The maximum Gasteiger partial charge on any atom is 0.187 e. The number of aryl methyl sites for hydroxylation is 1. The molecule has 0 aliphatic carbocycles. The Kier molecular flexibility index (Phi) is 4.11. The zero-order valence-electron chi connectivity index (χ0n) is 10.6. The second-order valence-corrected chi connectivity index (χ2v) is 5.04. The summed E-state index contributed by atoms with van der Waals surface area (Å²) >= 11 is 3.28. The lowest BCUT2D eigenvalue weighted by molar-refractivity contribution is 0.0987. The Morgan fingerprint density at radius 3 is 2.90 bits per heavy atom. The van der Waals surface area contributed by atoms with Crippen LogP contribution in [0.2, 0.25) is 0 Å². The van der Waals surface area contributed by atoms with Crippen LogP contribution in [-0.2, 0) is 13.5 Å². The molecule has 0 unspecified atom stereocenters. The molecule has 0 saturated heterocycles. The Hall–Kier alpha value is -2.26. The minimum atomic E-state index is -0.233. The van der Waals surface area contributed by atoms with Crippen LogP contribution in [0, 0.1) is 11.3 Å². The zero-order valence-corrected chi connectivity index (χ0v) is 12.2. The van der Waals surface area contributed by atoms with E-state index >= 15 is 0 Å². The molecule has 5 nitrogen and oxygen atoms in total. The highest BCUT2D eigenvalue weighted by atomic mass is 79.9. The van der Waals surface area contributed by atoms with Crippen LogP contribution >= 0.6 is 15.9 Å². The van der Waals surface area contributed by atoms with E-state index in [1.54, 1.807) is 25.2 Å². The van der Waals surface area contributed by atoms with Gasteiger partial charge in [-0.15, -0.1) is 0 Å². The van der Waals surface area contributed by atoms with E-state index in [1.165, 1.54) is 10.7 Å². The van der Waals surface area contributed by atoms with Gasteiger partial charge in [0, 0.05) is 17.9 Å². The van der Waals surface area contributed by atoms with Gasteiger partial charge in [-0.1, -0.05) is 12.1 Å². The third-order valence-electron chi connectivity index (χ3n) is 2.89. The Bertz CT molecular complexity index is 729. The molecule has 100 valence electrons. The van der Waals surface area contributed by atoms with Crippen molar-refractivity contribution in [2.24, 2.45) is 7.05 Å². The van der Waals surface area contributed by atoms with Crippen molar-refractivity contribution < 1.29 is 9.59 Å². The topological polar surface area (TPSA) is 75.8 Å². The normalized spacial score (nSPS) is 10.1. The van der Waals surface area contributed by atoms with Crippen molar-refractivity contribution in [3.05, 3.63) is 51.3 Å². The molecule has 0 fully saturated rings. The van der Waals surface area contributed by atoms with Crippen LogP contribution < -0.4 is 0 Å². The van der Waals surface area contributed by atoms with Gasteiger partial charge in [-0.25, -0.2) is 0 Å². The molecule has 0 aliphatic rings. The Balaban J connectivity index is 2.30. The van der Waals surface area contributed by atoms with Crippen LogP contribution in [0.15, 0.2) is 28.7 Å². The first-order valence-electron chi connectivity index (χ1n) is 5.76. The fourth-order valence-corrected chi connectivity index (χ4v) is 2.33. The van der Waals surface area contributed by atoms with E-state index in [0.717, 1.165) is 0 Å². The summed E-state index contributed by atoms with van der Waals surface area (Å²) in [6.45, 7) is 0. The molecule has 2 rings (SSSR count). The van der Waals surface area contributed by atoms with Crippen LogP contribution in [0.4, 0.5) is 0 Å². The van der Waals surface area contributed by atoms with Gasteiger partial charge in [-0.05, 0) is 33.6 Å². The Morgan fingerprint density at radius 2 is 2.30 bits per heavy atom. The van der Waals surface area contributed by atoms with Crippen LogP contribution in [0.25, 0.3) is 0 Å². The molecule has 0 saturated carbocycles. The molecule has 1 heterocycles. The van der Waals surface area contributed by atoms with Crippen molar-refractivity contribution in [2.45, 2.75) is 6.42 Å². The van der Waals surface area contributed by atoms with Crippen molar-refractivity contribution in [1.29, 1.82) is 5.26 Å². The Morgan fingerprint density at radius 1 is 1.55 bits per heavy atom. The number of aldehydes is 1. The van der Waals surface area contributed by atoms with Gasteiger partial charge in [-0.3, -0.25) is 14.3 Å². The van der Waals surface area contributed by atoms with Gasteiger partial charge in [0.25, 0.3) is 0 Å². The minimum Gasteiger partial charge on any atom is -0.296 e. The van der Waals surface area contributed by atoms with Gasteiger partial charge >= 0.3 is 0 Å². The van der Waals surface area contributed by atoms with Gasteiger partial charge in [-0.2, -0.15) is 10.4 Å². The first kappa shape index (κ1) is 14.2. The molecule has 20 heavy (non-hydrogen) atoms. The van der Waals surface area contributed by atoms with Crippen LogP contribution in [0.1, 0.15) is 32.1 Å². The summed E-state index contributed by atoms with van der Waals surface area (Å²) in [5, 5.41) is 13.1. The number of hydrogen-bond donors (Lipinski definition) is 0. The van der Waals surface area contributed by atoms with E-state index in [1.807, 2.05) is 0 Å². The fourth-order valence-electron chi connectivity index (χ4n) is 1.83. The van der Waals surface area contributed by atoms with Crippen LogP contribution in [0.5, 0.6) is 0 Å². The molecule has 0 bridgehead atoms. The fraction of sp³-hybridized carbons (Fsp3) is 0.143. The summed E-state index contributed by atoms with van der Waals surface area (Å²) in [7, 11) is 1.60. The molecule has 0 amide bonds. The molecule has 2 aromatic rings. The highest BCUT2D eigenvalue weighted by molar-refractivity contribution is 9.10. The third-order valence-corrected chi connectivity index (χ3v) is 3.55. The van der Waals surface area contributed by atoms with Crippen LogP contribution in [-0.4, -0.2) is 21.8 Å². The zero-order chi connectivity index (χ0) is 14.7. The summed E-state index contributed by atoms with van der Waals surface area (Å²) in [5.74, 6) is -0.233. The molecule has 0 radical (unpaired) electrons. The average molecular weight is 332 g/mol. The minimum absolute atomic E-state index is 0.0671. The molecular formula is C14H10BrN3O2. The summed E-state index contributed by atoms with van der Waals surface area (Å²) in [4.78, 5) is 22.9. The second-order valence-electron chi connectivity index (χ2n) is 4.18. The lowest BCUT2D eigenvalue weighted by Crippen LogP contribution is -2.07. The van der Waals surface area contributed by atoms with Crippen molar-refractivity contribution >= 4 is 28.0 Å². The van der Waals surface area contributed by atoms with Gasteiger partial charge in [0.2, 0.25) is 0 Å². The molecule has 0 aliphatic heterocycles. The standard InChI is InChI=1S/C14H10BrN3O2/c1-18-10(8-19)6-13(17-18)14(20)5-9-3-2-4-12(15)11(9)7-16/h2-4,6,8H,5H2,1H3. The number of aromatic nitrogens is 2. The molecule has 1 aromatic heterocycles.